The predicted octanol–water partition coefficient (Wildman–Crippen LogP) is 3.16. The molecule has 0 atom stereocenters. The van der Waals surface area contributed by atoms with E-state index in [1.807, 2.05) is 24.3 Å². The van der Waals surface area contributed by atoms with Gasteiger partial charge in [-0.1, -0.05) is 24.3 Å². The molecular weight excluding hydrogens is 269 g/mol. The van der Waals surface area contributed by atoms with Crippen LogP contribution in [0.3, 0.4) is 0 Å². The number of ether oxygens (including phenoxy) is 1. The van der Waals surface area contributed by atoms with E-state index in [1.165, 1.54) is 18.2 Å². The summed E-state index contributed by atoms with van der Waals surface area (Å²) in [5, 5.41) is 2.70. The third-order valence-corrected chi connectivity index (χ3v) is 2.88. The van der Waals surface area contributed by atoms with E-state index in [4.69, 9.17) is 4.74 Å². The van der Waals surface area contributed by atoms with Gasteiger partial charge < -0.3 is 10.1 Å². The number of benzene rings is 2. The summed E-state index contributed by atoms with van der Waals surface area (Å²) in [4.78, 5) is 11.7. The number of carbonyl (C=O) groups is 1. The molecule has 0 saturated carbocycles. The van der Waals surface area contributed by atoms with Crippen molar-refractivity contribution in [3.8, 4) is 5.75 Å². The molecular formula is C17H16FNO2. The number of methoxy groups -OCH3 is 1. The maximum atomic E-state index is 13.0. The van der Waals surface area contributed by atoms with E-state index in [0.29, 0.717) is 6.54 Å². The molecule has 2 aromatic rings. The van der Waals surface area contributed by atoms with Crippen LogP contribution in [0.2, 0.25) is 0 Å². The molecule has 0 saturated heterocycles. The second-order valence-corrected chi connectivity index (χ2v) is 4.46. The van der Waals surface area contributed by atoms with E-state index in [2.05, 4.69) is 5.32 Å². The highest BCUT2D eigenvalue weighted by Gasteiger charge is 1.99. The van der Waals surface area contributed by atoms with Gasteiger partial charge in [-0.15, -0.1) is 0 Å². The Labute approximate surface area is 123 Å². The van der Waals surface area contributed by atoms with Crippen molar-refractivity contribution in [2.45, 2.75) is 6.54 Å². The van der Waals surface area contributed by atoms with Crippen LogP contribution in [0.4, 0.5) is 4.39 Å². The molecule has 1 N–H and O–H groups in total. The molecule has 0 unspecified atom stereocenters. The Kier molecular flexibility index (Phi) is 5.10. The first-order chi connectivity index (χ1) is 10.2. The number of halogens is 1. The second kappa shape index (κ2) is 7.24. The highest BCUT2D eigenvalue weighted by molar-refractivity contribution is 5.91. The highest BCUT2D eigenvalue weighted by atomic mass is 19.1. The number of carbonyl (C=O) groups excluding carboxylic acids is 1. The fourth-order valence-electron chi connectivity index (χ4n) is 1.81. The summed E-state index contributed by atoms with van der Waals surface area (Å²) in [7, 11) is 1.59. The Balaban J connectivity index is 1.90. The topological polar surface area (TPSA) is 38.3 Å². The molecule has 0 spiro atoms. The van der Waals surface area contributed by atoms with Crippen molar-refractivity contribution in [3.05, 3.63) is 71.6 Å². The summed E-state index contributed by atoms with van der Waals surface area (Å²) >= 11 is 0. The van der Waals surface area contributed by atoms with E-state index in [9.17, 15) is 9.18 Å². The molecule has 1 amide bonds. The van der Waals surface area contributed by atoms with Gasteiger partial charge in [0, 0.05) is 12.6 Å². The van der Waals surface area contributed by atoms with Gasteiger partial charge in [0.15, 0.2) is 0 Å². The normalized spacial score (nSPS) is 10.6. The highest BCUT2D eigenvalue weighted by Crippen LogP contribution is 2.13. The monoisotopic (exact) mass is 285 g/mol. The fourth-order valence-corrected chi connectivity index (χ4v) is 1.81. The summed E-state index contributed by atoms with van der Waals surface area (Å²) in [6.07, 6.45) is 3.14. The molecule has 0 fully saturated rings. The molecule has 108 valence electrons. The summed E-state index contributed by atoms with van der Waals surface area (Å²) in [6.45, 7) is 0.291. The quantitative estimate of drug-likeness (QED) is 0.857. The molecule has 2 aromatic carbocycles. The van der Waals surface area contributed by atoms with Crippen LogP contribution in [-0.4, -0.2) is 13.0 Å². The van der Waals surface area contributed by atoms with Crippen LogP contribution in [0.1, 0.15) is 11.1 Å². The lowest BCUT2D eigenvalue weighted by atomic mass is 10.2. The van der Waals surface area contributed by atoms with Gasteiger partial charge in [0.1, 0.15) is 11.6 Å². The van der Waals surface area contributed by atoms with Crippen LogP contribution in [0, 0.1) is 5.82 Å². The average Bonchev–Trinajstić information content (AvgIpc) is 2.51. The van der Waals surface area contributed by atoms with Gasteiger partial charge in [-0.3, -0.25) is 4.79 Å². The van der Waals surface area contributed by atoms with Gasteiger partial charge in [0.2, 0.25) is 5.91 Å². The van der Waals surface area contributed by atoms with Gasteiger partial charge in [-0.2, -0.15) is 0 Å². The zero-order chi connectivity index (χ0) is 15.1. The van der Waals surface area contributed by atoms with Crippen LogP contribution in [0.25, 0.3) is 6.08 Å². The van der Waals surface area contributed by atoms with Crippen LogP contribution in [-0.2, 0) is 11.3 Å². The average molecular weight is 285 g/mol. The smallest absolute Gasteiger partial charge is 0.244 e. The minimum atomic E-state index is -0.311. The number of hydrogen-bond donors (Lipinski definition) is 1. The Bertz CT molecular complexity index is 653. The van der Waals surface area contributed by atoms with Crippen molar-refractivity contribution in [1.29, 1.82) is 0 Å². The SMILES string of the molecule is COc1cccc(/C=C/C(=O)NCc2cccc(F)c2)c1. The first kappa shape index (κ1) is 14.8. The molecule has 0 heterocycles. The van der Waals surface area contributed by atoms with Crippen molar-refractivity contribution < 1.29 is 13.9 Å². The summed E-state index contributed by atoms with van der Waals surface area (Å²) < 4.78 is 18.1. The zero-order valence-corrected chi connectivity index (χ0v) is 11.7. The molecule has 21 heavy (non-hydrogen) atoms. The third-order valence-electron chi connectivity index (χ3n) is 2.88. The molecule has 3 nitrogen and oxygen atoms in total. The molecule has 0 aliphatic heterocycles. The van der Waals surface area contributed by atoms with E-state index in [-0.39, 0.29) is 11.7 Å². The maximum absolute atomic E-state index is 13.0. The molecule has 0 bridgehead atoms. The lowest BCUT2D eigenvalue weighted by molar-refractivity contribution is -0.116. The van der Waals surface area contributed by atoms with Crippen molar-refractivity contribution in [2.75, 3.05) is 7.11 Å². The number of hydrogen-bond acceptors (Lipinski definition) is 2. The summed E-state index contributed by atoms with van der Waals surface area (Å²) in [5.41, 5.74) is 1.59. The maximum Gasteiger partial charge on any atom is 0.244 e. The van der Waals surface area contributed by atoms with E-state index in [0.717, 1.165) is 16.9 Å². The standard InChI is InChI=1S/C17H16FNO2/c1-21-16-7-3-4-13(11-16)8-9-17(20)19-12-14-5-2-6-15(18)10-14/h2-11H,12H2,1H3,(H,19,20)/b9-8+. The molecule has 0 radical (unpaired) electrons. The van der Waals surface area contributed by atoms with Gasteiger partial charge >= 0.3 is 0 Å². The van der Waals surface area contributed by atoms with E-state index in [1.54, 1.807) is 25.3 Å². The number of nitrogens with one attached hydrogen (secondary N) is 1. The van der Waals surface area contributed by atoms with E-state index >= 15 is 0 Å². The number of amides is 1. The molecule has 2 rings (SSSR count). The van der Waals surface area contributed by atoms with Crippen LogP contribution < -0.4 is 10.1 Å². The first-order valence-corrected chi connectivity index (χ1v) is 6.52. The van der Waals surface area contributed by atoms with Gasteiger partial charge in [-0.25, -0.2) is 4.39 Å². The van der Waals surface area contributed by atoms with Crippen LogP contribution >= 0.6 is 0 Å². The minimum absolute atomic E-state index is 0.234. The van der Waals surface area contributed by atoms with E-state index < -0.39 is 0 Å². The Morgan fingerprint density at radius 1 is 1.24 bits per heavy atom. The Hall–Kier alpha value is -2.62. The summed E-state index contributed by atoms with van der Waals surface area (Å²) in [5.74, 6) is 0.188. The molecule has 4 heteroatoms. The Morgan fingerprint density at radius 2 is 2.05 bits per heavy atom. The largest absolute Gasteiger partial charge is 0.497 e. The predicted molar refractivity (Wildman–Crippen MR) is 80.3 cm³/mol. The molecule has 0 aromatic heterocycles. The van der Waals surface area contributed by atoms with Gasteiger partial charge in [0.05, 0.1) is 7.11 Å². The molecule has 0 aliphatic rings. The lowest BCUT2D eigenvalue weighted by Gasteiger charge is -2.03. The minimum Gasteiger partial charge on any atom is -0.497 e. The Morgan fingerprint density at radius 3 is 2.81 bits per heavy atom. The van der Waals surface area contributed by atoms with Crippen molar-refractivity contribution in [3.63, 3.8) is 0 Å². The summed E-state index contributed by atoms with van der Waals surface area (Å²) in [6, 6.07) is 13.5. The van der Waals surface area contributed by atoms with Crippen molar-refractivity contribution in [1.82, 2.24) is 5.32 Å². The van der Waals surface area contributed by atoms with Crippen molar-refractivity contribution in [2.24, 2.45) is 0 Å². The number of rotatable bonds is 5. The first-order valence-electron chi connectivity index (χ1n) is 6.52. The van der Waals surface area contributed by atoms with Crippen molar-refractivity contribution >= 4 is 12.0 Å². The zero-order valence-electron chi connectivity index (χ0n) is 11.7. The fraction of sp³-hybridized carbons (Fsp3) is 0.118. The van der Waals surface area contributed by atoms with Crippen LogP contribution in [0.15, 0.2) is 54.6 Å². The van der Waals surface area contributed by atoms with Gasteiger partial charge in [-0.05, 0) is 41.5 Å². The third kappa shape index (κ3) is 4.76. The molecule has 0 aliphatic carbocycles. The van der Waals surface area contributed by atoms with Crippen LogP contribution in [0.5, 0.6) is 5.75 Å². The van der Waals surface area contributed by atoms with Gasteiger partial charge in [0.25, 0.3) is 0 Å². The lowest BCUT2D eigenvalue weighted by Crippen LogP contribution is -2.20. The second-order valence-electron chi connectivity index (χ2n) is 4.46.